The van der Waals surface area contributed by atoms with Crippen molar-refractivity contribution >= 4 is 39.1 Å². The Bertz CT molecular complexity index is 911. The summed E-state index contributed by atoms with van der Waals surface area (Å²) in [4.78, 5) is 15.4. The first-order chi connectivity index (χ1) is 13.3. The first kappa shape index (κ1) is 22.1. The van der Waals surface area contributed by atoms with Crippen LogP contribution in [0.15, 0.2) is 52.3 Å². The predicted octanol–water partition coefficient (Wildman–Crippen LogP) is 2.92. The van der Waals surface area contributed by atoms with Gasteiger partial charge in [-0.2, -0.15) is 0 Å². The number of carbonyl (C=O) groups excluding carboxylic acids is 1. The van der Waals surface area contributed by atoms with Crippen molar-refractivity contribution in [1.82, 2.24) is 0 Å². The lowest BCUT2D eigenvalue weighted by Gasteiger charge is -2.24. The van der Waals surface area contributed by atoms with Crippen molar-refractivity contribution in [2.24, 2.45) is 5.14 Å². The summed E-state index contributed by atoms with van der Waals surface area (Å²) in [7, 11) is -2.27. The molecule has 7 nitrogen and oxygen atoms in total. The molecule has 0 saturated carbocycles. The Labute approximate surface area is 170 Å². The van der Waals surface area contributed by atoms with Gasteiger partial charge in [0.05, 0.1) is 29.1 Å². The van der Waals surface area contributed by atoms with Crippen molar-refractivity contribution in [3.05, 3.63) is 42.5 Å². The molecule has 9 heteroatoms. The Kier molecular flexibility index (Phi) is 7.73. The quantitative estimate of drug-likeness (QED) is 0.601. The van der Waals surface area contributed by atoms with E-state index in [0.29, 0.717) is 18.8 Å². The maximum Gasteiger partial charge on any atom is 0.238 e. The van der Waals surface area contributed by atoms with Crippen LogP contribution in [0.25, 0.3) is 0 Å². The summed E-state index contributed by atoms with van der Waals surface area (Å²) in [5, 5.41) is 8.06. The molecule has 3 N–H and O–H groups in total. The summed E-state index contributed by atoms with van der Waals surface area (Å²) in [5.41, 5.74) is 1.18. The van der Waals surface area contributed by atoms with Crippen LogP contribution in [-0.2, 0) is 14.8 Å². The average Bonchev–Trinajstić information content (AvgIpc) is 2.68. The molecule has 0 unspecified atom stereocenters. The van der Waals surface area contributed by atoms with Gasteiger partial charge in [-0.05, 0) is 56.3 Å². The third kappa shape index (κ3) is 5.88. The highest BCUT2D eigenvalue weighted by Crippen LogP contribution is 2.29. The zero-order valence-corrected chi connectivity index (χ0v) is 17.8. The van der Waals surface area contributed by atoms with Gasteiger partial charge in [0, 0.05) is 18.0 Å². The number of methoxy groups -OCH3 is 1. The number of sulfonamides is 1. The summed E-state index contributed by atoms with van der Waals surface area (Å²) in [5.74, 6) is 0.696. The van der Waals surface area contributed by atoms with Crippen molar-refractivity contribution < 1.29 is 17.9 Å². The maximum atomic E-state index is 12.5. The van der Waals surface area contributed by atoms with Crippen LogP contribution in [0.2, 0.25) is 0 Å². The summed E-state index contributed by atoms with van der Waals surface area (Å²) in [6, 6.07) is 11.9. The average molecular weight is 424 g/mol. The molecule has 0 bridgehead atoms. The molecule has 2 aromatic carbocycles. The Morgan fingerprint density at radius 3 is 2.32 bits per heavy atom. The number of nitrogens with two attached hydrogens (primary N) is 1. The zero-order valence-electron chi connectivity index (χ0n) is 16.1. The van der Waals surface area contributed by atoms with Crippen molar-refractivity contribution in [2.45, 2.75) is 23.6 Å². The van der Waals surface area contributed by atoms with E-state index in [4.69, 9.17) is 9.88 Å². The van der Waals surface area contributed by atoms with Gasteiger partial charge in [-0.25, -0.2) is 13.6 Å². The van der Waals surface area contributed by atoms with E-state index in [0.717, 1.165) is 16.3 Å². The highest BCUT2D eigenvalue weighted by Gasteiger charge is 2.16. The first-order valence-electron chi connectivity index (χ1n) is 8.77. The molecule has 0 aliphatic rings. The lowest BCUT2D eigenvalue weighted by atomic mass is 10.2. The van der Waals surface area contributed by atoms with Crippen LogP contribution in [-0.4, -0.2) is 40.3 Å². The van der Waals surface area contributed by atoms with Gasteiger partial charge >= 0.3 is 0 Å². The Morgan fingerprint density at radius 2 is 1.79 bits per heavy atom. The molecule has 2 rings (SSSR count). The number of thioether (sulfide) groups is 1. The number of benzene rings is 2. The van der Waals surface area contributed by atoms with Gasteiger partial charge in [0.15, 0.2) is 0 Å². The Morgan fingerprint density at radius 1 is 1.14 bits per heavy atom. The highest BCUT2D eigenvalue weighted by molar-refractivity contribution is 8.00. The monoisotopic (exact) mass is 423 g/mol. The Hall–Kier alpha value is -2.23. The van der Waals surface area contributed by atoms with Crippen molar-refractivity contribution in [1.29, 1.82) is 0 Å². The molecule has 0 spiro atoms. The standard InChI is InChI=1S/C19H25N3O4S2/c1-4-22(5-2)18-11-10-16(28(20,24)25)12-17(18)21-19(23)13-27-15-8-6-14(26-3)7-9-15/h6-12H,4-5,13H2,1-3H3,(H,21,23)(H2,20,24,25). The summed E-state index contributed by atoms with van der Waals surface area (Å²) >= 11 is 1.38. The molecule has 0 saturated heterocycles. The predicted molar refractivity (Wildman–Crippen MR) is 114 cm³/mol. The van der Waals surface area contributed by atoms with E-state index in [-0.39, 0.29) is 16.6 Å². The van der Waals surface area contributed by atoms with Gasteiger partial charge in [0.1, 0.15) is 5.75 Å². The minimum absolute atomic E-state index is 0.0403. The number of nitrogens with zero attached hydrogens (tertiary/aromatic N) is 1. The SMILES string of the molecule is CCN(CC)c1ccc(S(N)(=O)=O)cc1NC(=O)CSc1ccc(OC)cc1. The van der Waals surface area contributed by atoms with Crippen LogP contribution >= 0.6 is 11.8 Å². The van der Waals surface area contributed by atoms with Gasteiger partial charge in [-0.3, -0.25) is 4.79 Å². The van der Waals surface area contributed by atoms with Gasteiger partial charge in [0.25, 0.3) is 0 Å². The van der Waals surface area contributed by atoms with Crippen LogP contribution in [0, 0.1) is 0 Å². The number of amides is 1. The van der Waals surface area contributed by atoms with Crippen molar-refractivity contribution in [3.8, 4) is 5.75 Å². The minimum atomic E-state index is -3.87. The third-order valence-corrected chi connectivity index (χ3v) is 6.03. The second kappa shape index (κ2) is 9.81. The number of nitrogens with one attached hydrogen (secondary N) is 1. The molecule has 0 atom stereocenters. The van der Waals surface area contributed by atoms with E-state index in [1.165, 1.54) is 23.9 Å². The van der Waals surface area contributed by atoms with Crippen LogP contribution in [0.1, 0.15) is 13.8 Å². The molecular formula is C19H25N3O4S2. The largest absolute Gasteiger partial charge is 0.497 e. The molecule has 0 aromatic heterocycles. The van der Waals surface area contributed by atoms with Crippen LogP contribution in [0.5, 0.6) is 5.75 Å². The molecule has 2 aromatic rings. The highest BCUT2D eigenvalue weighted by atomic mass is 32.2. The van der Waals surface area contributed by atoms with E-state index in [9.17, 15) is 13.2 Å². The molecule has 0 fully saturated rings. The molecule has 28 heavy (non-hydrogen) atoms. The molecule has 0 aliphatic carbocycles. The number of rotatable bonds is 9. The number of carbonyl (C=O) groups is 1. The zero-order chi connectivity index (χ0) is 20.7. The summed E-state index contributed by atoms with van der Waals surface area (Å²) < 4.78 is 28.5. The van der Waals surface area contributed by atoms with Crippen molar-refractivity contribution in [3.63, 3.8) is 0 Å². The summed E-state index contributed by atoms with van der Waals surface area (Å²) in [6.07, 6.45) is 0. The smallest absolute Gasteiger partial charge is 0.238 e. The van der Waals surface area contributed by atoms with Crippen LogP contribution < -0.4 is 20.1 Å². The molecule has 152 valence electrons. The van der Waals surface area contributed by atoms with E-state index in [2.05, 4.69) is 5.32 Å². The topological polar surface area (TPSA) is 102 Å². The second-order valence-corrected chi connectivity index (χ2v) is 8.52. The lowest BCUT2D eigenvalue weighted by Crippen LogP contribution is -2.25. The number of hydrogen-bond acceptors (Lipinski definition) is 6. The molecule has 1 amide bonds. The third-order valence-electron chi connectivity index (χ3n) is 4.10. The van der Waals surface area contributed by atoms with Gasteiger partial charge in [0.2, 0.25) is 15.9 Å². The molecule has 0 aliphatic heterocycles. The first-order valence-corrected chi connectivity index (χ1v) is 11.3. The fourth-order valence-electron chi connectivity index (χ4n) is 2.64. The Balaban J connectivity index is 2.17. The maximum absolute atomic E-state index is 12.5. The van der Waals surface area contributed by atoms with E-state index in [1.807, 2.05) is 43.0 Å². The fourth-order valence-corrected chi connectivity index (χ4v) is 3.88. The normalized spacial score (nSPS) is 11.1. The van der Waals surface area contributed by atoms with Gasteiger partial charge < -0.3 is 15.0 Å². The molecule has 0 radical (unpaired) electrons. The van der Waals surface area contributed by atoms with E-state index >= 15 is 0 Å². The second-order valence-electron chi connectivity index (χ2n) is 5.91. The lowest BCUT2D eigenvalue weighted by molar-refractivity contribution is -0.113. The fraction of sp³-hybridized carbons (Fsp3) is 0.316. The summed E-state index contributed by atoms with van der Waals surface area (Å²) in [6.45, 7) is 5.41. The van der Waals surface area contributed by atoms with Gasteiger partial charge in [-0.1, -0.05) is 0 Å². The number of hydrogen-bond donors (Lipinski definition) is 2. The van der Waals surface area contributed by atoms with E-state index < -0.39 is 10.0 Å². The van der Waals surface area contributed by atoms with Crippen molar-refractivity contribution in [2.75, 3.05) is 36.2 Å². The van der Waals surface area contributed by atoms with Crippen LogP contribution in [0.3, 0.4) is 0 Å². The number of ether oxygens (including phenoxy) is 1. The molecular weight excluding hydrogens is 398 g/mol. The van der Waals surface area contributed by atoms with E-state index in [1.54, 1.807) is 13.2 Å². The van der Waals surface area contributed by atoms with Gasteiger partial charge in [-0.15, -0.1) is 11.8 Å². The minimum Gasteiger partial charge on any atom is -0.497 e. The molecule has 0 heterocycles. The number of primary sulfonamides is 1. The number of anilines is 2. The van der Waals surface area contributed by atoms with Crippen LogP contribution in [0.4, 0.5) is 11.4 Å².